The van der Waals surface area contributed by atoms with Gasteiger partial charge in [-0.1, -0.05) is 30.3 Å². The van der Waals surface area contributed by atoms with E-state index in [1.54, 1.807) is 36.6 Å². The fourth-order valence-electron chi connectivity index (χ4n) is 4.21. The Morgan fingerprint density at radius 2 is 1.58 bits per heavy atom. The number of nitrogens with zero attached hydrogens (tertiary/aromatic N) is 6. The van der Waals surface area contributed by atoms with Crippen LogP contribution in [0.4, 0.5) is 5.95 Å². The summed E-state index contributed by atoms with van der Waals surface area (Å²) in [7, 11) is -3.54. The average Bonchev–Trinajstić information content (AvgIpc) is 3.54. The summed E-state index contributed by atoms with van der Waals surface area (Å²) < 4.78 is 35.1. The molecule has 3 aromatic heterocycles. The summed E-state index contributed by atoms with van der Waals surface area (Å²) in [5, 5.41) is 9.70. The fraction of sp³-hybridized carbons (Fsp3) is 0.174. The molecule has 0 atom stereocenters. The second-order valence-electron chi connectivity index (χ2n) is 7.79. The van der Waals surface area contributed by atoms with Crippen molar-refractivity contribution in [3.05, 3.63) is 73.0 Å². The standard InChI is InChI=1S/C23H20N6O3S/c30-33(31,17-7-2-1-3-8-17)28-14-12-27(13-15-28)23-24-19-10-5-4-9-18(19)21-25-26-22(29(21)23)20-11-6-16-32-20/h1-11,16H,12-15H2. The average molecular weight is 461 g/mol. The van der Waals surface area contributed by atoms with Gasteiger partial charge in [-0.25, -0.2) is 17.8 Å². The van der Waals surface area contributed by atoms with E-state index >= 15 is 0 Å². The molecule has 1 aliphatic rings. The van der Waals surface area contributed by atoms with Crippen molar-refractivity contribution >= 4 is 32.5 Å². The minimum Gasteiger partial charge on any atom is -0.461 e. The number of benzene rings is 2. The molecule has 1 aliphatic heterocycles. The van der Waals surface area contributed by atoms with E-state index in [-0.39, 0.29) is 0 Å². The van der Waals surface area contributed by atoms with Crippen LogP contribution in [0.2, 0.25) is 0 Å². The molecule has 0 spiro atoms. The summed E-state index contributed by atoms with van der Waals surface area (Å²) >= 11 is 0. The molecular formula is C23H20N6O3S. The second kappa shape index (κ2) is 7.68. The van der Waals surface area contributed by atoms with Crippen LogP contribution in [0.25, 0.3) is 28.1 Å². The van der Waals surface area contributed by atoms with E-state index in [0.717, 1.165) is 10.9 Å². The Bertz CT molecular complexity index is 1540. The minimum atomic E-state index is -3.54. The molecule has 10 heteroatoms. The van der Waals surface area contributed by atoms with Gasteiger partial charge in [0.05, 0.1) is 16.7 Å². The predicted molar refractivity (Wildman–Crippen MR) is 123 cm³/mol. The van der Waals surface area contributed by atoms with Crippen molar-refractivity contribution in [3.8, 4) is 11.6 Å². The second-order valence-corrected chi connectivity index (χ2v) is 9.73. The normalized spacial score (nSPS) is 15.5. The molecule has 1 saturated heterocycles. The number of para-hydroxylation sites is 1. The van der Waals surface area contributed by atoms with Gasteiger partial charge in [0.1, 0.15) is 0 Å². The van der Waals surface area contributed by atoms with Gasteiger partial charge in [-0.05, 0) is 36.4 Å². The highest BCUT2D eigenvalue weighted by Crippen LogP contribution is 2.29. The van der Waals surface area contributed by atoms with Crippen molar-refractivity contribution < 1.29 is 12.8 Å². The number of hydrogen-bond acceptors (Lipinski definition) is 7. The van der Waals surface area contributed by atoms with Gasteiger partial charge in [-0.3, -0.25) is 0 Å². The Kier molecular flexibility index (Phi) is 4.63. The van der Waals surface area contributed by atoms with E-state index in [9.17, 15) is 8.42 Å². The van der Waals surface area contributed by atoms with E-state index in [1.165, 1.54) is 4.31 Å². The van der Waals surface area contributed by atoms with Crippen molar-refractivity contribution in [3.63, 3.8) is 0 Å². The summed E-state index contributed by atoms with van der Waals surface area (Å²) in [5.41, 5.74) is 1.49. The summed E-state index contributed by atoms with van der Waals surface area (Å²) in [6, 6.07) is 20.0. The third-order valence-electron chi connectivity index (χ3n) is 5.87. The zero-order valence-electron chi connectivity index (χ0n) is 17.6. The van der Waals surface area contributed by atoms with Crippen LogP contribution in [0.15, 0.2) is 82.3 Å². The molecule has 0 radical (unpaired) electrons. The van der Waals surface area contributed by atoms with Crippen molar-refractivity contribution in [1.29, 1.82) is 0 Å². The first-order chi connectivity index (χ1) is 16.1. The highest BCUT2D eigenvalue weighted by atomic mass is 32.2. The van der Waals surface area contributed by atoms with Crippen LogP contribution >= 0.6 is 0 Å². The van der Waals surface area contributed by atoms with Gasteiger partial charge in [0.15, 0.2) is 11.4 Å². The highest BCUT2D eigenvalue weighted by molar-refractivity contribution is 7.89. The van der Waals surface area contributed by atoms with Gasteiger partial charge in [0, 0.05) is 31.6 Å². The monoisotopic (exact) mass is 460 g/mol. The van der Waals surface area contributed by atoms with Crippen molar-refractivity contribution in [2.75, 3.05) is 31.1 Å². The molecule has 0 bridgehead atoms. The van der Waals surface area contributed by atoms with Crippen LogP contribution in [-0.4, -0.2) is 58.5 Å². The largest absolute Gasteiger partial charge is 0.461 e. The number of piperazine rings is 1. The third-order valence-corrected chi connectivity index (χ3v) is 7.79. The number of fused-ring (bicyclic) bond motifs is 3. The van der Waals surface area contributed by atoms with E-state index in [4.69, 9.17) is 9.40 Å². The van der Waals surface area contributed by atoms with E-state index in [1.807, 2.05) is 40.8 Å². The molecule has 0 N–H and O–H groups in total. The molecule has 6 rings (SSSR count). The van der Waals surface area contributed by atoms with Crippen LogP contribution in [0.5, 0.6) is 0 Å². The number of rotatable bonds is 4. The van der Waals surface area contributed by atoms with Crippen LogP contribution < -0.4 is 4.90 Å². The Morgan fingerprint density at radius 1 is 0.818 bits per heavy atom. The Balaban J connectivity index is 1.40. The first-order valence-electron chi connectivity index (χ1n) is 10.6. The highest BCUT2D eigenvalue weighted by Gasteiger charge is 2.30. The third kappa shape index (κ3) is 3.26. The lowest BCUT2D eigenvalue weighted by molar-refractivity contribution is 0.382. The number of anilines is 1. The lowest BCUT2D eigenvalue weighted by Gasteiger charge is -2.34. The molecule has 166 valence electrons. The summed E-state index contributed by atoms with van der Waals surface area (Å²) in [4.78, 5) is 7.30. The Labute approximate surface area is 190 Å². The maximum Gasteiger partial charge on any atom is 0.243 e. The molecule has 4 heterocycles. The molecule has 9 nitrogen and oxygen atoms in total. The molecule has 5 aromatic rings. The molecule has 2 aromatic carbocycles. The Morgan fingerprint density at radius 3 is 2.33 bits per heavy atom. The number of aromatic nitrogens is 4. The van der Waals surface area contributed by atoms with E-state index in [0.29, 0.717) is 54.3 Å². The van der Waals surface area contributed by atoms with E-state index in [2.05, 4.69) is 15.1 Å². The van der Waals surface area contributed by atoms with Crippen molar-refractivity contribution in [1.82, 2.24) is 23.9 Å². The van der Waals surface area contributed by atoms with Crippen LogP contribution in [0, 0.1) is 0 Å². The van der Waals surface area contributed by atoms with Gasteiger partial charge in [0.25, 0.3) is 0 Å². The molecule has 1 fully saturated rings. The van der Waals surface area contributed by atoms with Gasteiger partial charge >= 0.3 is 0 Å². The van der Waals surface area contributed by atoms with E-state index < -0.39 is 10.0 Å². The maximum absolute atomic E-state index is 13.0. The molecule has 0 amide bonds. The fourth-order valence-corrected chi connectivity index (χ4v) is 5.66. The SMILES string of the molecule is O=S(=O)(c1ccccc1)N1CCN(c2nc3ccccc3c3nnc(-c4ccco4)n23)CC1. The zero-order valence-corrected chi connectivity index (χ0v) is 18.4. The quantitative estimate of drug-likeness (QED) is 0.407. The molecule has 0 aliphatic carbocycles. The van der Waals surface area contributed by atoms with Gasteiger partial charge in [-0.15, -0.1) is 10.2 Å². The number of hydrogen-bond donors (Lipinski definition) is 0. The lowest BCUT2D eigenvalue weighted by atomic mass is 10.2. The number of furan rings is 1. The first kappa shape index (κ1) is 19.9. The Hall–Kier alpha value is -3.76. The summed E-state index contributed by atoms with van der Waals surface area (Å²) in [5.74, 6) is 1.81. The molecular weight excluding hydrogens is 440 g/mol. The van der Waals surface area contributed by atoms with Crippen molar-refractivity contribution in [2.45, 2.75) is 4.90 Å². The van der Waals surface area contributed by atoms with Gasteiger partial charge < -0.3 is 9.32 Å². The van der Waals surface area contributed by atoms with Crippen molar-refractivity contribution in [2.24, 2.45) is 0 Å². The smallest absolute Gasteiger partial charge is 0.243 e. The molecule has 33 heavy (non-hydrogen) atoms. The summed E-state index contributed by atoms with van der Waals surface area (Å²) in [6.07, 6.45) is 1.60. The number of sulfonamides is 1. The molecule has 0 unspecified atom stereocenters. The van der Waals surface area contributed by atoms with Gasteiger partial charge in [0.2, 0.25) is 21.8 Å². The van der Waals surface area contributed by atoms with Crippen LogP contribution in [-0.2, 0) is 10.0 Å². The first-order valence-corrected chi connectivity index (χ1v) is 12.0. The topological polar surface area (TPSA) is 96.8 Å². The van der Waals surface area contributed by atoms with Gasteiger partial charge in [-0.2, -0.15) is 4.31 Å². The molecule has 0 saturated carbocycles. The van der Waals surface area contributed by atoms with Crippen LogP contribution in [0.1, 0.15) is 0 Å². The maximum atomic E-state index is 13.0. The zero-order chi connectivity index (χ0) is 22.4. The minimum absolute atomic E-state index is 0.309. The summed E-state index contributed by atoms with van der Waals surface area (Å²) in [6.45, 7) is 1.68. The lowest BCUT2D eigenvalue weighted by Crippen LogP contribution is -2.49. The van der Waals surface area contributed by atoms with Crippen LogP contribution in [0.3, 0.4) is 0 Å². The predicted octanol–water partition coefficient (Wildman–Crippen LogP) is 3.05.